The fourth-order valence-corrected chi connectivity index (χ4v) is 0.960. The topological polar surface area (TPSA) is 20.2 Å². The van der Waals surface area contributed by atoms with Gasteiger partial charge in [0.15, 0.2) is 0 Å². The zero-order chi connectivity index (χ0) is 9.35. The van der Waals surface area contributed by atoms with E-state index in [2.05, 4.69) is 0 Å². The van der Waals surface area contributed by atoms with Crippen LogP contribution < -0.4 is 56.8 Å². The van der Waals surface area contributed by atoms with Crippen LogP contribution in [0.4, 0.5) is 12.9 Å². The molecule has 0 fully saturated rings. The number of phenolic OH excluding ortho intramolecular Hbond substituents is 1. The number of phenols is 1. The van der Waals surface area contributed by atoms with Crippen molar-refractivity contribution in [1.29, 1.82) is 0 Å². The summed E-state index contributed by atoms with van der Waals surface area (Å²) in [5.74, 6) is -0.824. The molecule has 0 atom stereocenters. The molecule has 0 saturated carbocycles. The minimum atomic E-state index is -5.15. The SMILES string of the molecule is Oc1cc(Cl)ccc1[B-](F)(F)F.[K+]. The maximum atomic E-state index is 12.0. The average molecular weight is 234 g/mol. The Kier molecular flexibility index (Phi) is 5.35. The van der Waals surface area contributed by atoms with E-state index in [1.165, 1.54) is 0 Å². The van der Waals surface area contributed by atoms with Crippen LogP contribution in [0.2, 0.25) is 5.02 Å². The van der Waals surface area contributed by atoms with Gasteiger partial charge < -0.3 is 18.1 Å². The van der Waals surface area contributed by atoms with E-state index in [0.29, 0.717) is 0 Å². The molecule has 13 heavy (non-hydrogen) atoms. The fraction of sp³-hybridized carbons (Fsp3) is 0. The summed E-state index contributed by atoms with van der Waals surface area (Å²) in [7, 11) is 0. The van der Waals surface area contributed by atoms with Gasteiger partial charge in [-0.05, 0) is 12.1 Å². The van der Waals surface area contributed by atoms with E-state index < -0.39 is 18.2 Å². The Bertz CT molecular complexity index is 304. The molecular weight excluding hydrogens is 230 g/mol. The second-order valence-corrected chi connectivity index (χ2v) is 2.71. The minimum absolute atomic E-state index is 0. The van der Waals surface area contributed by atoms with Crippen LogP contribution in [0.15, 0.2) is 18.2 Å². The Hall–Kier alpha value is 0.801. The zero-order valence-corrected chi connectivity index (χ0v) is 10.6. The Labute approximate surface area is 121 Å². The van der Waals surface area contributed by atoms with Crippen molar-refractivity contribution in [3.8, 4) is 5.75 Å². The van der Waals surface area contributed by atoms with Crippen molar-refractivity contribution in [3.63, 3.8) is 0 Å². The maximum absolute atomic E-state index is 12.0. The second kappa shape index (κ2) is 5.04. The van der Waals surface area contributed by atoms with E-state index in [0.717, 1.165) is 18.2 Å². The quantitative estimate of drug-likeness (QED) is 0.625. The summed E-state index contributed by atoms with van der Waals surface area (Å²) in [5, 5.41) is 8.92. The molecule has 0 aliphatic heterocycles. The third kappa shape index (κ3) is 3.81. The molecular formula is C6H4BClF3KO. The van der Waals surface area contributed by atoms with Crippen molar-refractivity contribution in [3.05, 3.63) is 23.2 Å². The van der Waals surface area contributed by atoms with E-state index in [9.17, 15) is 12.9 Å². The number of hydrogen-bond donors (Lipinski definition) is 1. The summed E-state index contributed by atoms with van der Waals surface area (Å²) < 4.78 is 36.1. The summed E-state index contributed by atoms with van der Waals surface area (Å²) in [6.45, 7) is -5.15. The van der Waals surface area contributed by atoms with Crippen LogP contribution >= 0.6 is 11.6 Å². The maximum Gasteiger partial charge on any atom is 1.00 e. The first-order chi connectivity index (χ1) is 5.41. The van der Waals surface area contributed by atoms with Gasteiger partial charge in [0, 0.05) is 5.02 Å². The fourth-order valence-electron chi connectivity index (χ4n) is 0.794. The molecule has 66 valence electrons. The van der Waals surface area contributed by atoms with E-state index in [1.54, 1.807) is 0 Å². The van der Waals surface area contributed by atoms with Crippen LogP contribution in [0.5, 0.6) is 5.75 Å². The van der Waals surface area contributed by atoms with Gasteiger partial charge in [0.05, 0.1) is 5.75 Å². The van der Waals surface area contributed by atoms with Crippen LogP contribution in [0.25, 0.3) is 0 Å². The number of rotatable bonds is 1. The molecule has 0 heterocycles. The van der Waals surface area contributed by atoms with Crippen molar-refractivity contribution < 1.29 is 69.4 Å². The Morgan fingerprint density at radius 1 is 1.23 bits per heavy atom. The van der Waals surface area contributed by atoms with Crippen molar-refractivity contribution in [1.82, 2.24) is 0 Å². The number of aromatic hydroxyl groups is 1. The summed E-state index contributed by atoms with van der Waals surface area (Å²) in [4.78, 5) is 0. The molecule has 1 aromatic carbocycles. The molecule has 7 heteroatoms. The van der Waals surface area contributed by atoms with Gasteiger partial charge >= 0.3 is 58.4 Å². The smallest absolute Gasteiger partial charge is 0.511 e. The molecule has 1 N–H and O–H groups in total. The molecule has 0 aliphatic carbocycles. The van der Waals surface area contributed by atoms with E-state index in [4.69, 9.17) is 16.7 Å². The molecule has 1 nitrogen and oxygen atoms in total. The van der Waals surface area contributed by atoms with Crippen molar-refractivity contribution in [2.24, 2.45) is 0 Å². The third-order valence-electron chi connectivity index (χ3n) is 1.35. The molecule has 0 spiro atoms. The van der Waals surface area contributed by atoms with Crippen molar-refractivity contribution >= 4 is 24.0 Å². The first-order valence-corrected chi connectivity index (χ1v) is 3.47. The number of benzene rings is 1. The molecule has 1 rings (SSSR count). The monoisotopic (exact) mass is 234 g/mol. The number of hydrogen-bond acceptors (Lipinski definition) is 1. The van der Waals surface area contributed by atoms with E-state index in [-0.39, 0.29) is 56.4 Å². The molecule has 0 radical (unpaired) electrons. The molecule has 0 bridgehead atoms. The first kappa shape index (κ1) is 13.8. The van der Waals surface area contributed by atoms with Crippen LogP contribution in [0, 0.1) is 0 Å². The van der Waals surface area contributed by atoms with Crippen LogP contribution in [0.3, 0.4) is 0 Å². The predicted molar refractivity (Wildman–Crippen MR) is 41.8 cm³/mol. The molecule has 0 saturated heterocycles. The van der Waals surface area contributed by atoms with Crippen LogP contribution in [0.1, 0.15) is 0 Å². The van der Waals surface area contributed by atoms with Crippen LogP contribution in [-0.2, 0) is 0 Å². The third-order valence-corrected chi connectivity index (χ3v) is 1.58. The van der Waals surface area contributed by atoms with Gasteiger partial charge in [-0.3, -0.25) is 0 Å². The molecule has 1 aromatic rings. The molecule has 0 amide bonds. The largest absolute Gasteiger partial charge is 1.00 e. The second-order valence-electron chi connectivity index (χ2n) is 2.28. The molecule has 0 aliphatic rings. The number of halogens is 4. The van der Waals surface area contributed by atoms with Crippen molar-refractivity contribution in [2.75, 3.05) is 0 Å². The van der Waals surface area contributed by atoms with E-state index in [1.807, 2.05) is 0 Å². The predicted octanol–water partition coefficient (Wildman–Crippen LogP) is -0.896. The van der Waals surface area contributed by atoms with E-state index >= 15 is 0 Å². The first-order valence-electron chi connectivity index (χ1n) is 3.09. The van der Waals surface area contributed by atoms with Gasteiger partial charge in [-0.1, -0.05) is 23.1 Å². The minimum Gasteiger partial charge on any atom is -0.511 e. The standard InChI is InChI=1S/C6H4BClF3O.K/c8-4-1-2-5(6(12)3-4)7(9,10)11;/h1-3,12H;/q-1;+1. The summed E-state index contributed by atoms with van der Waals surface area (Å²) >= 11 is 5.35. The summed E-state index contributed by atoms with van der Waals surface area (Å²) in [5.41, 5.74) is -1.01. The molecule has 0 unspecified atom stereocenters. The van der Waals surface area contributed by atoms with Crippen molar-refractivity contribution in [2.45, 2.75) is 0 Å². The van der Waals surface area contributed by atoms with Gasteiger partial charge in [-0.15, -0.1) is 0 Å². The molecule has 0 aromatic heterocycles. The van der Waals surface area contributed by atoms with Gasteiger partial charge in [-0.25, -0.2) is 0 Å². The summed E-state index contributed by atoms with van der Waals surface area (Å²) in [6.07, 6.45) is 0. The van der Waals surface area contributed by atoms with Gasteiger partial charge in [-0.2, -0.15) is 0 Å². The van der Waals surface area contributed by atoms with Gasteiger partial charge in [0.1, 0.15) is 0 Å². The summed E-state index contributed by atoms with van der Waals surface area (Å²) in [6, 6.07) is 2.72. The average Bonchev–Trinajstić information content (AvgIpc) is 1.83. The van der Waals surface area contributed by atoms with Gasteiger partial charge in [0.25, 0.3) is 0 Å². The zero-order valence-electron chi connectivity index (χ0n) is 6.77. The normalized spacial score (nSPS) is 10.8. The Morgan fingerprint density at radius 2 is 1.77 bits per heavy atom. The Morgan fingerprint density at radius 3 is 2.15 bits per heavy atom. The van der Waals surface area contributed by atoms with Gasteiger partial charge in [0.2, 0.25) is 0 Å². The van der Waals surface area contributed by atoms with Crippen LogP contribution in [-0.4, -0.2) is 12.1 Å². The Balaban J connectivity index is 0.00000144.